The molecule has 0 unspecified atom stereocenters. The molecule has 0 saturated carbocycles. The van der Waals surface area contributed by atoms with Crippen molar-refractivity contribution in [3.05, 3.63) is 46.2 Å². The number of aromatic nitrogens is 2. The number of rotatable bonds is 1. The summed E-state index contributed by atoms with van der Waals surface area (Å²) >= 11 is 11.1. The van der Waals surface area contributed by atoms with Crippen LogP contribution in [0.4, 0.5) is 0 Å². The molecule has 1 N–H and O–H groups in total. The Hall–Kier alpha value is -1.65. The van der Waals surface area contributed by atoms with Crippen LogP contribution in [0, 0.1) is 4.64 Å². The van der Waals surface area contributed by atoms with Crippen LogP contribution in [-0.2, 0) is 0 Å². The Morgan fingerprint density at radius 1 is 1.29 bits per heavy atom. The van der Waals surface area contributed by atoms with Gasteiger partial charge in [-0.3, -0.25) is 5.10 Å². The van der Waals surface area contributed by atoms with E-state index in [0.717, 1.165) is 10.9 Å². The molecule has 0 aliphatic carbocycles. The second-order valence-electron chi connectivity index (χ2n) is 3.60. The zero-order chi connectivity index (χ0) is 11.8. The Bertz CT molecular complexity index is 747. The van der Waals surface area contributed by atoms with Crippen LogP contribution in [0.3, 0.4) is 0 Å². The molecule has 5 heteroatoms. The lowest BCUT2D eigenvalue weighted by Crippen LogP contribution is -1.81. The molecular formula is C12H7ClN2OS. The van der Waals surface area contributed by atoms with Crippen LogP contribution in [0.2, 0.25) is 5.02 Å². The van der Waals surface area contributed by atoms with Gasteiger partial charge in [0.1, 0.15) is 10.4 Å². The van der Waals surface area contributed by atoms with Gasteiger partial charge in [0.2, 0.25) is 0 Å². The van der Waals surface area contributed by atoms with Crippen LogP contribution < -0.4 is 0 Å². The molecule has 0 aliphatic rings. The van der Waals surface area contributed by atoms with Crippen molar-refractivity contribution in [1.82, 2.24) is 10.2 Å². The van der Waals surface area contributed by atoms with E-state index in [1.165, 1.54) is 0 Å². The van der Waals surface area contributed by atoms with Gasteiger partial charge in [0.25, 0.3) is 0 Å². The molecule has 3 aromatic rings. The van der Waals surface area contributed by atoms with Gasteiger partial charge >= 0.3 is 0 Å². The van der Waals surface area contributed by atoms with E-state index in [2.05, 4.69) is 10.2 Å². The zero-order valence-corrected chi connectivity index (χ0v) is 10.2. The van der Waals surface area contributed by atoms with Crippen molar-refractivity contribution < 1.29 is 4.42 Å². The summed E-state index contributed by atoms with van der Waals surface area (Å²) in [4.78, 5) is 0. The number of para-hydroxylation sites is 1. The minimum Gasteiger partial charge on any atom is -0.454 e. The highest BCUT2D eigenvalue weighted by Gasteiger charge is 2.08. The highest BCUT2D eigenvalue weighted by molar-refractivity contribution is 7.71. The molecule has 3 nitrogen and oxygen atoms in total. The molecule has 0 bridgehead atoms. The number of halogens is 1. The summed E-state index contributed by atoms with van der Waals surface area (Å²) in [5, 5.41) is 8.18. The molecule has 0 radical (unpaired) electrons. The first kappa shape index (κ1) is 10.5. The topological polar surface area (TPSA) is 41.8 Å². The zero-order valence-electron chi connectivity index (χ0n) is 8.61. The van der Waals surface area contributed by atoms with Crippen molar-refractivity contribution in [1.29, 1.82) is 0 Å². The summed E-state index contributed by atoms with van der Waals surface area (Å²) in [7, 11) is 0. The van der Waals surface area contributed by atoms with Crippen molar-refractivity contribution in [3.8, 4) is 11.3 Å². The maximum Gasteiger partial charge on any atom is 0.153 e. The van der Waals surface area contributed by atoms with E-state index in [1.54, 1.807) is 18.3 Å². The Labute approximate surface area is 107 Å². The fourth-order valence-electron chi connectivity index (χ4n) is 1.68. The number of benzene rings is 1. The largest absolute Gasteiger partial charge is 0.454 e. The number of hydrogen-bond acceptors (Lipinski definition) is 3. The van der Waals surface area contributed by atoms with E-state index in [0.29, 0.717) is 21.0 Å². The van der Waals surface area contributed by atoms with Gasteiger partial charge in [-0.2, -0.15) is 5.10 Å². The van der Waals surface area contributed by atoms with E-state index in [4.69, 9.17) is 28.2 Å². The number of aromatic amines is 1. The number of nitrogens with one attached hydrogen (secondary N) is 1. The lowest BCUT2D eigenvalue weighted by molar-refractivity contribution is 0.631. The quantitative estimate of drug-likeness (QED) is 0.668. The summed E-state index contributed by atoms with van der Waals surface area (Å²) in [5.74, 6) is 0.709. The van der Waals surface area contributed by atoms with E-state index in [9.17, 15) is 0 Å². The third-order valence-electron chi connectivity index (χ3n) is 2.45. The fraction of sp³-hybridized carbons (Fsp3) is 0. The van der Waals surface area contributed by atoms with Gasteiger partial charge in [-0.25, -0.2) is 0 Å². The van der Waals surface area contributed by atoms with Gasteiger partial charge in [-0.1, -0.05) is 36.0 Å². The summed E-state index contributed by atoms with van der Waals surface area (Å²) in [6.07, 6.45) is 1.67. The second-order valence-corrected chi connectivity index (χ2v) is 4.45. The van der Waals surface area contributed by atoms with Gasteiger partial charge in [0, 0.05) is 10.9 Å². The Balaban J connectivity index is 2.25. The molecule has 0 aliphatic heterocycles. The van der Waals surface area contributed by atoms with Crippen LogP contribution in [0.5, 0.6) is 0 Å². The van der Waals surface area contributed by atoms with Crippen LogP contribution in [0.1, 0.15) is 0 Å². The molecule has 0 spiro atoms. The predicted molar refractivity (Wildman–Crippen MR) is 69.6 cm³/mol. The van der Waals surface area contributed by atoms with Crippen LogP contribution in [0.25, 0.3) is 22.3 Å². The predicted octanol–water partition coefficient (Wildman–Crippen LogP) is 4.21. The van der Waals surface area contributed by atoms with Gasteiger partial charge in [0.15, 0.2) is 5.58 Å². The maximum atomic E-state index is 6.05. The highest BCUT2D eigenvalue weighted by Crippen LogP contribution is 2.31. The monoisotopic (exact) mass is 262 g/mol. The molecule has 2 heterocycles. The first-order valence-corrected chi connectivity index (χ1v) is 5.76. The lowest BCUT2D eigenvalue weighted by Gasteiger charge is -1.94. The molecule has 1 aromatic carbocycles. The smallest absolute Gasteiger partial charge is 0.153 e. The summed E-state index contributed by atoms with van der Waals surface area (Å²) in [6, 6.07) is 9.36. The lowest BCUT2D eigenvalue weighted by atomic mass is 10.2. The minimum absolute atomic E-state index is 0.564. The van der Waals surface area contributed by atoms with Crippen molar-refractivity contribution >= 4 is 34.8 Å². The van der Waals surface area contributed by atoms with Crippen LogP contribution in [0.15, 0.2) is 40.9 Å². The molecule has 0 saturated heterocycles. The SMILES string of the molecule is S=c1cc(-c2cc3cccc(Cl)c3o2)cn[nH]1. The Morgan fingerprint density at radius 2 is 2.18 bits per heavy atom. The van der Waals surface area contributed by atoms with Crippen LogP contribution in [-0.4, -0.2) is 10.2 Å². The van der Waals surface area contributed by atoms with E-state index in [-0.39, 0.29) is 0 Å². The number of furan rings is 1. The van der Waals surface area contributed by atoms with E-state index < -0.39 is 0 Å². The van der Waals surface area contributed by atoms with E-state index in [1.807, 2.05) is 18.2 Å². The molecule has 3 rings (SSSR count). The molecule has 2 aromatic heterocycles. The molecule has 17 heavy (non-hydrogen) atoms. The summed E-state index contributed by atoms with van der Waals surface area (Å²) in [5.41, 5.74) is 1.52. The Kier molecular flexibility index (Phi) is 2.46. The molecule has 0 fully saturated rings. The van der Waals surface area contributed by atoms with Gasteiger partial charge < -0.3 is 4.42 Å². The van der Waals surface area contributed by atoms with Crippen LogP contribution >= 0.6 is 23.8 Å². The minimum atomic E-state index is 0.564. The average Bonchev–Trinajstić information content (AvgIpc) is 2.74. The number of fused-ring (bicyclic) bond motifs is 1. The summed E-state index contributed by atoms with van der Waals surface area (Å²) < 4.78 is 6.27. The van der Waals surface area contributed by atoms with E-state index >= 15 is 0 Å². The molecule has 84 valence electrons. The molecule has 0 amide bonds. The number of nitrogens with zero attached hydrogens (tertiary/aromatic N) is 1. The van der Waals surface area contributed by atoms with Crippen molar-refractivity contribution in [3.63, 3.8) is 0 Å². The van der Waals surface area contributed by atoms with Crippen molar-refractivity contribution in [2.75, 3.05) is 0 Å². The van der Waals surface area contributed by atoms with Crippen molar-refractivity contribution in [2.24, 2.45) is 0 Å². The highest BCUT2D eigenvalue weighted by atomic mass is 35.5. The number of hydrogen-bond donors (Lipinski definition) is 1. The molecule has 0 atom stereocenters. The second kappa shape index (κ2) is 3.98. The Morgan fingerprint density at radius 3 is 2.94 bits per heavy atom. The molecular weight excluding hydrogens is 256 g/mol. The third-order valence-corrected chi connectivity index (χ3v) is 2.95. The van der Waals surface area contributed by atoms with Gasteiger partial charge in [-0.15, -0.1) is 0 Å². The van der Waals surface area contributed by atoms with Crippen molar-refractivity contribution in [2.45, 2.75) is 0 Å². The summed E-state index contributed by atoms with van der Waals surface area (Å²) in [6.45, 7) is 0. The average molecular weight is 263 g/mol. The fourth-order valence-corrected chi connectivity index (χ4v) is 2.08. The first-order chi connectivity index (χ1) is 8.24. The maximum absolute atomic E-state index is 6.05. The standard InChI is InChI=1S/C12H7ClN2OS/c13-9-3-1-2-7-4-10(16-12(7)9)8-5-11(17)15-14-6-8/h1-6H,(H,15,17). The number of H-pyrrole nitrogens is 1. The third kappa shape index (κ3) is 1.85. The normalized spacial score (nSPS) is 10.9. The van der Waals surface area contributed by atoms with Gasteiger partial charge in [-0.05, 0) is 18.2 Å². The van der Waals surface area contributed by atoms with Gasteiger partial charge in [0.05, 0.1) is 11.2 Å². The first-order valence-electron chi connectivity index (χ1n) is 4.97.